The summed E-state index contributed by atoms with van der Waals surface area (Å²) < 4.78 is 10.5. The van der Waals surface area contributed by atoms with Crippen molar-refractivity contribution in [3.05, 3.63) is 29.8 Å². The predicted molar refractivity (Wildman–Crippen MR) is 79.7 cm³/mol. The number of ether oxygens (including phenoxy) is 2. The van der Waals surface area contributed by atoms with E-state index >= 15 is 0 Å². The maximum atomic E-state index is 11.6. The molecule has 0 saturated heterocycles. The van der Waals surface area contributed by atoms with Gasteiger partial charge in [-0.2, -0.15) is 0 Å². The Kier molecular flexibility index (Phi) is 6.02. The van der Waals surface area contributed by atoms with Crippen molar-refractivity contribution >= 4 is 5.97 Å². The SMILES string of the molecule is COC(=O)C(C)(C)COc1cccc(CNC(C)C)c1. The van der Waals surface area contributed by atoms with Gasteiger partial charge in [-0.3, -0.25) is 4.79 Å². The number of hydrogen-bond acceptors (Lipinski definition) is 4. The average Bonchev–Trinajstić information content (AvgIpc) is 2.42. The second kappa shape index (κ2) is 7.29. The summed E-state index contributed by atoms with van der Waals surface area (Å²) >= 11 is 0. The highest BCUT2D eigenvalue weighted by atomic mass is 16.5. The largest absolute Gasteiger partial charge is 0.492 e. The van der Waals surface area contributed by atoms with Crippen molar-refractivity contribution in [2.75, 3.05) is 13.7 Å². The van der Waals surface area contributed by atoms with Crippen LogP contribution in [-0.2, 0) is 16.1 Å². The number of esters is 1. The minimum Gasteiger partial charge on any atom is -0.492 e. The molecule has 0 heterocycles. The number of methoxy groups -OCH3 is 1. The predicted octanol–water partition coefficient (Wildman–Crippen LogP) is 2.76. The molecule has 0 spiro atoms. The quantitative estimate of drug-likeness (QED) is 0.780. The van der Waals surface area contributed by atoms with Crippen molar-refractivity contribution in [2.24, 2.45) is 5.41 Å². The van der Waals surface area contributed by atoms with Crippen molar-refractivity contribution in [3.63, 3.8) is 0 Å². The van der Waals surface area contributed by atoms with E-state index in [0.29, 0.717) is 12.6 Å². The first-order valence-corrected chi connectivity index (χ1v) is 6.88. The van der Waals surface area contributed by atoms with E-state index in [1.54, 1.807) is 0 Å². The standard InChI is InChI=1S/C16H25NO3/c1-12(2)17-10-13-7-6-8-14(9-13)20-11-16(3,4)15(18)19-5/h6-9,12,17H,10-11H2,1-5H3. The Morgan fingerprint density at radius 3 is 2.65 bits per heavy atom. The number of hydrogen-bond donors (Lipinski definition) is 1. The van der Waals surface area contributed by atoms with E-state index in [1.165, 1.54) is 7.11 Å². The molecule has 4 heteroatoms. The van der Waals surface area contributed by atoms with Gasteiger partial charge in [-0.15, -0.1) is 0 Å². The average molecular weight is 279 g/mol. The molecule has 112 valence electrons. The van der Waals surface area contributed by atoms with Crippen LogP contribution in [0.1, 0.15) is 33.3 Å². The molecule has 0 unspecified atom stereocenters. The highest BCUT2D eigenvalue weighted by molar-refractivity contribution is 5.75. The van der Waals surface area contributed by atoms with Crippen LogP contribution in [0.3, 0.4) is 0 Å². The molecular weight excluding hydrogens is 254 g/mol. The Balaban J connectivity index is 2.60. The molecule has 4 nitrogen and oxygen atoms in total. The van der Waals surface area contributed by atoms with Crippen molar-refractivity contribution in [3.8, 4) is 5.75 Å². The Morgan fingerprint density at radius 1 is 1.35 bits per heavy atom. The first kappa shape index (κ1) is 16.5. The maximum Gasteiger partial charge on any atom is 0.314 e. The highest BCUT2D eigenvalue weighted by Crippen LogP contribution is 2.21. The Bertz CT molecular complexity index is 441. The molecule has 0 bridgehead atoms. The first-order chi connectivity index (χ1) is 9.35. The lowest BCUT2D eigenvalue weighted by molar-refractivity contribution is -0.152. The van der Waals surface area contributed by atoms with Gasteiger partial charge in [-0.1, -0.05) is 26.0 Å². The smallest absolute Gasteiger partial charge is 0.314 e. The second-order valence-electron chi connectivity index (χ2n) is 5.85. The van der Waals surface area contributed by atoms with Crippen LogP contribution in [-0.4, -0.2) is 25.7 Å². The zero-order chi connectivity index (χ0) is 15.2. The Morgan fingerprint density at radius 2 is 2.05 bits per heavy atom. The molecule has 0 aromatic heterocycles. The van der Waals surface area contributed by atoms with Crippen molar-refractivity contribution in [2.45, 2.75) is 40.3 Å². The van der Waals surface area contributed by atoms with Crippen molar-refractivity contribution < 1.29 is 14.3 Å². The molecular formula is C16H25NO3. The Labute approximate surface area is 121 Å². The van der Waals surface area contributed by atoms with E-state index in [4.69, 9.17) is 9.47 Å². The molecule has 0 amide bonds. The third kappa shape index (κ3) is 5.21. The highest BCUT2D eigenvalue weighted by Gasteiger charge is 2.29. The molecule has 0 radical (unpaired) electrons. The second-order valence-corrected chi connectivity index (χ2v) is 5.85. The van der Waals surface area contributed by atoms with Gasteiger partial charge in [-0.25, -0.2) is 0 Å². The first-order valence-electron chi connectivity index (χ1n) is 6.88. The topological polar surface area (TPSA) is 47.6 Å². The van der Waals surface area contributed by atoms with Crippen LogP contribution in [0.25, 0.3) is 0 Å². The summed E-state index contributed by atoms with van der Waals surface area (Å²) in [6, 6.07) is 8.33. The fraction of sp³-hybridized carbons (Fsp3) is 0.562. The summed E-state index contributed by atoms with van der Waals surface area (Å²) in [4.78, 5) is 11.6. The third-order valence-corrected chi connectivity index (χ3v) is 2.95. The summed E-state index contributed by atoms with van der Waals surface area (Å²) in [6.07, 6.45) is 0. The van der Waals surface area contributed by atoms with Gasteiger partial charge in [0.1, 0.15) is 12.4 Å². The monoisotopic (exact) mass is 279 g/mol. The molecule has 0 fully saturated rings. The summed E-state index contributed by atoms with van der Waals surface area (Å²) in [7, 11) is 1.39. The van der Waals surface area contributed by atoms with E-state index in [2.05, 4.69) is 19.2 Å². The van der Waals surface area contributed by atoms with Crippen LogP contribution < -0.4 is 10.1 Å². The van der Waals surface area contributed by atoms with Gasteiger partial charge in [-0.05, 0) is 31.5 Å². The molecule has 1 rings (SSSR count). The molecule has 1 aromatic carbocycles. The molecule has 0 atom stereocenters. The summed E-state index contributed by atoms with van der Waals surface area (Å²) in [5.41, 5.74) is 0.507. The fourth-order valence-electron chi connectivity index (χ4n) is 1.67. The molecule has 1 N–H and O–H groups in total. The van der Waals surface area contributed by atoms with Crippen molar-refractivity contribution in [1.29, 1.82) is 0 Å². The van der Waals surface area contributed by atoms with E-state index in [-0.39, 0.29) is 5.97 Å². The number of benzene rings is 1. The zero-order valence-corrected chi connectivity index (χ0v) is 13.0. The molecule has 0 aliphatic heterocycles. The lowest BCUT2D eigenvalue weighted by atomic mass is 9.95. The molecule has 0 saturated carbocycles. The molecule has 0 aliphatic carbocycles. The molecule has 0 aliphatic rings. The van der Waals surface area contributed by atoms with Gasteiger partial charge in [0, 0.05) is 12.6 Å². The number of carbonyl (C=O) groups excluding carboxylic acids is 1. The van der Waals surface area contributed by atoms with Gasteiger partial charge >= 0.3 is 5.97 Å². The van der Waals surface area contributed by atoms with Crippen molar-refractivity contribution in [1.82, 2.24) is 5.32 Å². The fourth-order valence-corrected chi connectivity index (χ4v) is 1.67. The summed E-state index contributed by atoms with van der Waals surface area (Å²) in [5.74, 6) is 0.500. The normalized spacial score (nSPS) is 11.5. The third-order valence-electron chi connectivity index (χ3n) is 2.95. The van der Waals surface area contributed by atoms with Crippen LogP contribution in [0.5, 0.6) is 5.75 Å². The maximum absolute atomic E-state index is 11.6. The minimum atomic E-state index is -0.652. The van der Waals surface area contributed by atoms with E-state index in [0.717, 1.165) is 17.9 Å². The summed E-state index contributed by atoms with van der Waals surface area (Å²) in [6.45, 7) is 8.93. The van der Waals surface area contributed by atoms with E-state index in [9.17, 15) is 4.79 Å². The number of carbonyl (C=O) groups is 1. The van der Waals surface area contributed by atoms with Gasteiger partial charge in [0.25, 0.3) is 0 Å². The zero-order valence-electron chi connectivity index (χ0n) is 13.0. The molecule has 20 heavy (non-hydrogen) atoms. The lowest BCUT2D eigenvalue weighted by Crippen LogP contribution is -2.32. The van der Waals surface area contributed by atoms with Gasteiger partial charge in [0.2, 0.25) is 0 Å². The Hall–Kier alpha value is -1.55. The van der Waals surface area contributed by atoms with Crippen LogP contribution in [0.4, 0.5) is 0 Å². The van der Waals surface area contributed by atoms with Gasteiger partial charge in [0.05, 0.1) is 12.5 Å². The van der Waals surface area contributed by atoms with Crippen LogP contribution in [0, 0.1) is 5.41 Å². The number of rotatable bonds is 7. The van der Waals surface area contributed by atoms with Crippen LogP contribution in [0.2, 0.25) is 0 Å². The minimum absolute atomic E-state index is 0.268. The van der Waals surface area contributed by atoms with Crippen LogP contribution in [0.15, 0.2) is 24.3 Å². The van der Waals surface area contributed by atoms with Crippen LogP contribution >= 0.6 is 0 Å². The van der Waals surface area contributed by atoms with Gasteiger partial charge in [0.15, 0.2) is 0 Å². The van der Waals surface area contributed by atoms with E-state index in [1.807, 2.05) is 38.1 Å². The number of nitrogens with one attached hydrogen (secondary N) is 1. The lowest BCUT2D eigenvalue weighted by Gasteiger charge is -2.21. The van der Waals surface area contributed by atoms with E-state index < -0.39 is 5.41 Å². The molecule has 1 aromatic rings. The van der Waals surface area contributed by atoms with Gasteiger partial charge < -0.3 is 14.8 Å². The summed E-state index contributed by atoms with van der Waals surface area (Å²) in [5, 5.41) is 3.36.